The predicted molar refractivity (Wildman–Crippen MR) is 104 cm³/mol. The number of ether oxygens (including phenoxy) is 1. The number of carbonyl (C=O) groups is 1. The number of carbonyl (C=O) groups excluding carboxylic acids is 1. The van der Waals surface area contributed by atoms with Crippen LogP contribution in [-0.2, 0) is 9.53 Å². The number of rotatable bonds is 18. The molecule has 0 heterocycles. The third-order valence-electron chi connectivity index (χ3n) is 4.36. The average Bonchev–Trinajstić information content (AvgIpc) is 2.60. The fraction of sp³-hybridized carbons (Fsp3) is 0.857. The number of nitrogens with one attached hydrogen (secondary N) is 1. The summed E-state index contributed by atoms with van der Waals surface area (Å²) < 4.78 is 4.58. The molecule has 0 amide bonds. The molecule has 0 saturated carbocycles. The van der Waals surface area contributed by atoms with Crippen LogP contribution in [0.25, 0.3) is 0 Å². The number of unbranched alkanes of at least 4 members (excludes halogenated alkanes) is 12. The van der Waals surface area contributed by atoms with E-state index in [0.29, 0.717) is 6.54 Å². The summed E-state index contributed by atoms with van der Waals surface area (Å²) in [5.74, 6) is -0.181. The van der Waals surface area contributed by atoms with Crippen LogP contribution in [0.3, 0.4) is 0 Å². The lowest BCUT2D eigenvalue weighted by Gasteiger charge is -2.03. The van der Waals surface area contributed by atoms with Crippen molar-refractivity contribution in [3.63, 3.8) is 0 Å². The van der Waals surface area contributed by atoms with Gasteiger partial charge in [-0.25, -0.2) is 0 Å². The van der Waals surface area contributed by atoms with Crippen LogP contribution in [0.1, 0.15) is 96.8 Å². The number of esters is 1. The van der Waals surface area contributed by atoms with Crippen molar-refractivity contribution >= 4 is 5.97 Å². The number of hydrogen-bond acceptors (Lipinski definition) is 3. The summed E-state index contributed by atoms with van der Waals surface area (Å²) in [6.07, 6.45) is 23.3. The Morgan fingerprint density at radius 2 is 1.29 bits per heavy atom. The maximum atomic E-state index is 10.9. The van der Waals surface area contributed by atoms with E-state index in [0.717, 1.165) is 13.0 Å². The van der Waals surface area contributed by atoms with Crippen LogP contribution >= 0.6 is 0 Å². The van der Waals surface area contributed by atoms with Gasteiger partial charge in [0.05, 0.1) is 13.7 Å². The molecular weight excluding hydrogens is 298 g/mol. The first kappa shape index (κ1) is 23.2. The zero-order chi connectivity index (χ0) is 17.7. The molecule has 0 bridgehead atoms. The molecule has 0 saturated heterocycles. The Balaban J connectivity index is 3.09. The van der Waals surface area contributed by atoms with Gasteiger partial charge in [0.2, 0.25) is 0 Å². The topological polar surface area (TPSA) is 38.3 Å². The second-order valence-corrected chi connectivity index (χ2v) is 6.69. The molecule has 1 N–H and O–H groups in total. The summed E-state index contributed by atoms with van der Waals surface area (Å²) in [7, 11) is 1.42. The molecule has 0 aliphatic carbocycles. The average molecular weight is 340 g/mol. The lowest BCUT2D eigenvalue weighted by Crippen LogP contribution is -2.24. The minimum absolute atomic E-state index is 0.181. The molecular formula is C21H41NO2. The van der Waals surface area contributed by atoms with E-state index >= 15 is 0 Å². The second-order valence-electron chi connectivity index (χ2n) is 6.69. The van der Waals surface area contributed by atoms with E-state index < -0.39 is 0 Å². The van der Waals surface area contributed by atoms with Gasteiger partial charge in [0.15, 0.2) is 0 Å². The quantitative estimate of drug-likeness (QED) is 0.195. The molecule has 3 heteroatoms. The molecule has 0 spiro atoms. The van der Waals surface area contributed by atoms with E-state index in [1.165, 1.54) is 90.6 Å². The first-order valence-electron chi connectivity index (χ1n) is 10.2. The van der Waals surface area contributed by atoms with Crippen molar-refractivity contribution in [2.24, 2.45) is 0 Å². The maximum absolute atomic E-state index is 10.9. The maximum Gasteiger partial charge on any atom is 0.319 e. The monoisotopic (exact) mass is 339 g/mol. The van der Waals surface area contributed by atoms with Crippen molar-refractivity contribution in [1.29, 1.82) is 0 Å². The van der Waals surface area contributed by atoms with Crippen LogP contribution in [0, 0.1) is 0 Å². The second kappa shape index (κ2) is 20.2. The van der Waals surface area contributed by atoms with Gasteiger partial charge < -0.3 is 10.1 Å². The summed E-state index contributed by atoms with van der Waals surface area (Å²) in [5.41, 5.74) is 0. The van der Waals surface area contributed by atoms with E-state index in [-0.39, 0.29) is 5.97 Å². The fourth-order valence-corrected chi connectivity index (χ4v) is 2.76. The van der Waals surface area contributed by atoms with Crippen molar-refractivity contribution in [2.45, 2.75) is 96.8 Å². The van der Waals surface area contributed by atoms with Crippen LogP contribution in [0.4, 0.5) is 0 Å². The van der Waals surface area contributed by atoms with Crippen molar-refractivity contribution in [3.8, 4) is 0 Å². The molecule has 0 radical (unpaired) electrons. The highest BCUT2D eigenvalue weighted by Gasteiger charge is 1.97. The Labute approximate surface area is 150 Å². The zero-order valence-corrected chi connectivity index (χ0v) is 16.3. The van der Waals surface area contributed by atoms with Gasteiger partial charge in [-0.05, 0) is 38.6 Å². The molecule has 142 valence electrons. The van der Waals surface area contributed by atoms with E-state index in [1.54, 1.807) is 0 Å². The molecule has 0 fully saturated rings. The van der Waals surface area contributed by atoms with E-state index in [4.69, 9.17) is 0 Å². The summed E-state index contributed by atoms with van der Waals surface area (Å²) in [6, 6.07) is 0. The number of allylic oxidation sites excluding steroid dienone is 2. The summed E-state index contributed by atoms with van der Waals surface area (Å²) >= 11 is 0. The Hall–Kier alpha value is -0.830. The molecule has 0 unspecified atom stereocenters. The largest absolute Gasteiger partial charge is 0.468 e. The molecule has 0 aliphatic rings. The van der Waals surface area contributed by atoms with Crippen molar-refractivity contribution in [3.05, 3.63) is 12.2 Å². The van der Waals surface area contributed by atoms with Crippen LogP contribution in [0.15, 0.2) is 12.2 Å². The van der Waals surface area contributed by atoms with Crippen molar-refractivity contribution in [2.75, 3.05) is 20.2 Å². The SMILES string of the molecule is CCCCCCCC/C=C\CCCCCCCCNCC(=O)OC. The third kappa shape index (κ3) is 19.2. The van der Waals surface area contributed by atoms with E-state index in [2.05, 4.69) is 29.1 Å². The standard InChI is InChI=1S/C21H41NO2/c1-3-4-5-6-7-8-9-10-11-12-13-14-15-16-17-18-19-22-20-21(23)24-2/h10-11,22H,3-9,12-20H2,1-2H3/b11-10-. The Morgan fingerprint density at radius 3 is 1.83 bits per heavy atom. The normalized spacial score (nSPS) is 11.2. The third-order valence-corrected chi connectivity index (χ3v) is 4.36. The zero-order valence-electron chi connectivity index (χ0n) is 16.3. The smallest absolute Gasteiger partial charge is 0.319 e. The summed E-state index contributed by atoms with van der Waals surface area (Å²) in [5, 5.41) is 3.10. The Bertz CT molecular complexity index is 290. The predicted octanol–water partition coefficient (Wildman–Crippen LogP) is 5.79. The minimum atomic E-state index is -0.181. The van der Waals surface area contributed by atoms with Crippen LogP contribution in [-0.4, -0.2) is 26.2 Å². The van der Waals surface area contributed by atoms with Gasteiger partial charge in [0.25, 0.3) is 0 Å². The van der Waals surface area contributed by atoms with E-state index in [1.807, 2.05) is 0 Å². The number of hydrogen-bond donors (Lipinski definition) is 1. The first-order valence-corrected chi connectivity index (χ1v) is 10.2. The Morgan fingerprint density at radius 1 is 0.792 bits per heavy atom. The molecule has 24 heavy (non-hydrogen) atoms. The van der Waals surface area contributed by atoms with Gasteiger partial charge in [-0.3, -0.25) is 4.79 Å². The van der Waals surface area contributed by atoms with Crippen LogP contribution in [0.5, 0.6) is 0 Å². The highest BCUT2D eigenvalue weighted by atomic mass is 16.5. The summed E-state index contributed by atoms with van der Waals surface area (Å²) in [6.45, 7) is 3.52. The minimum Gasteiger partial charge on any atom is -0.468 e. The van der Waals surface area contributed by atoms with Crippen molar-refractivity contribution in [1.82, 2.24) is 5.32 Å². The van der Waals surface area contributed by atoms with Gasteiger partial charge in [-0.15, -0.1) is 0 Å². The molecule has 3 nitrogen and oxygen atoms in total. The van der Waals surface area contributed by atoms with Crippen LogP contribution in [0.2, 0.25) is 0 Å². The molecule has 0 aromatic heterocycles. The molecule has 0 atom stereocenters. The van der Waals surface area contributed by atoms with Gasteiger partial charge in [0, 0.05) is 0 Å². The van der Waals surface area contributed by atoms with Crippen molar-refractivity contribution < 1.29 is 9.53 Å². The lowest BCUT2D eigenvalue weighted by atomic mass is 10.1. The van der Waals surface area contributed by atoms with Gasteiger partial charge in [-0.1, -0.05) is 76.9 Å². The summed E-state index contributed by atoms with van der Waals surface area (Å²) in [4.78, 5) is 10.9. The highest BCUT2D eigenvalue weighted by Crippen LogP contribution is 2.09. The fourth-order valence-electron chi connectivity index (χ4n) is 2.76. The molecule has 0 aromatic carbocycles. The first-order chi connectivity index (χ1) is 11.8. The van der Waals surface area contributed by atoms with Gasteiger partial charge >= 0.3 is 5.97 Å². The lowest BCUT2D eigenvalue weighted by molar-refractivity contribution is -0.139. The Kier molecular flexibility index (Phi) is 19.5. The molecule has 0 rings (SSSR count). The van der Waals surface area contributed by atoms with E-state index in [9.17, 15) is 4.79 Å². The van der Waals surface area contributed by atoms with Crippen LogP contribution < -0.4 is 5.32 Å². The molecule has 0 aromatic rings. The molecule has 0 aliphatic heterocycles. The number of methoxy groups -OCH3 is 1. The van der Waals surface area contributed by atoms with Gasteiger partial charge in [0.1, 0.15) is 0 Å². The van der Waals surface area contributed by atoms with Gasteiger partial charge in [-0.2, -0.15) is 0 Å². The highest BCUT2D eigenvalue weighted by molar-refractivity contribution is 5.71.